The van der Waals surface area contributed by atoms with Gasteiger partial charge in [0.2, 0.25) is 0 Å². The standard InChI is InChI=1S/C23H34N2O2/c1-23(2)19-9-8-18(22(23)14-19)16-27-17-21(26)15-24-10-12-25(13-11-24)20-6-4-3-5-7-20/h3-8,19,21-22,26H,9-17H2,1-2H3. The second-order valence-corrected chi connectivity index (χ2v) is 9.11. The fourth-order valence-electron chi connectivity index (χ4n) is 5.13. The van der Waals surface area contributed by atoms with Crippen LogP contribution in [0.3, 0.4) is 0 Å². The molecule has 0 spiro atoms. The summed E-state index contributed by atoms with van der Waals surface area (Å²) >= 11 is 0. The highest BCUT2D eigenvalue weighted by molar-refractivity contribution is 5.46. The molecule has 27 heavy (non-hydrogen) atoms. The van der Waals surface area contributed by atoms with Crippen molar-refractivity contribution in [3.63, 3.8) is 0 Å². The number of hydrogen-bond acceptors (Lipinski definition) is 4. The van der Waals surface area contributed by atoms with Crippen LogP contribution in [0.2, 0.25) is 0 Å². The predicted octanol–water partition coefficient (Wildman–Crippen LogP) is 3.18. The van der Waals surface area contributed by atoms with Gasteiger partial charge in [-0.3, -0.25) is 4.90 Å². The molecular weight excluding hydrogens is 336 g/mol. The van der Waals surface area contributed by atoms with Gasteiger partial charge in [0.15, 0.2) is 0 Å². The first-order valence-electron chi connectivity index (χ1n) is 10.5. The van der Waals surface area contributed by atoms with E-state index in [-0.39, 0.29) is 0 Å². The lowest BCUT2D eigenvalue weighted by molar-refractivity contribution is -0.0262. The van der Waals surface area contributed by atoms with Crippen molar-refractivity contribution in [1.82, 2.24) is 4.90 Å². The lowest BCUT2D eigenvalue weighted by Crippen LogP contribution is -2.49. The van der Waals surface area contributed by atoms with Gasteiger partial charge in [0, 0.05) is 38.4 Å². The largest absolute Gasteiger partial charge is 0.389 e. The molecule has 3 atom stereocenters. The number of para-hydroxylation sites is 1. The van der Waals surface area contributed by atoms with Crippen molar-refractivity contribution in [2.45, 2.75) is 32.8 Å². The van der Waals surface area contributed by atoms with Gasteiger partial charge < -0.3 is 14.7 Å². The Morgan fingerprint density at radius 2 is 1.89 bits per heavy atom. The number of β-amino-alcohol motifs (C(OH)–C–C–N with tert-alkyl or cyclic N) is 1. The summed E-state index contributed by atoms with van der Waals surface area (Å²) in [6.07, 6.45) is 4.52. The summed E-state index contributed by atoms with van der Waals surface area (Å²) < 4.78 is 5.90. The van der Waals surface area contributed by atoms with Gasteiger partial charge in [-0.15, -0.1) is 0 Å². The van der Waals surface area contributed by atoms with E-state index in [0.717, 1.165) is 32.1 Å². The summed E-state index contributed by atoms with van der Waals surface area (Å²) in [4.78, 5) is 4.77. The van der Waals surface area contributed by atoms with E-state index in [0.29, 0.717) is 31.1 Å². The number of piperazine rings is 1. The highest BCUT2D eigenvalue weighted by Crippen LogP contribution is 2.59. The molecule has 148 valence electrons. The van der Waals surface area contributed by atoms with Crippen molar-refractivity contribution in [2.75, 3.05) is 50.8 Å². The average molecular weight is 371 g/mol. The third-order valence-corrected chi connectivity index (χ3v) is 7.12. The van der Waals surface area contributed by atoms with Crippen molar-refractivity contribution in [3.05, 3.63) is 42.0 Å². The SMILES string of the molecule is CC1(C)C2CC=C(COCC(O)CN3CCN(c4ccccc4)CC3)C1C2. The van der Waals surface area contributed by atoms with Crippen LogP contribution in [0.1, 0.15) is 26.7 Å². The summed E-state index contributed by atoms with van der Waals surface area (Å²) in [7, 11) is 0. The maximum Gasteiger partial charge on any atom is 0.0900 e. The van der Waals surface area contributed by atoms with Crippen LogP contribution >= 0.6 is 0 Å². The molecule has 4 aliphatic rings. The smallest absolute Gasteiger partial charge is 0.0900 e. The zero-order valence-electron chi connectivity index (χ0n) is 16.8. The lowest BCUT2D eigenvalue weighted by atomic mass is 9.49. The molecule has 0 radical (unpaired) electrons. The number of benzene rings is 1. The molecular formula is C23H34N2O2. The number of allylic oxidation sites excluding steroid dienone is 1. The highest BCUT2D eigenvalue weighted by Gasteiger charge is 2.50. The molecule has 3 unspecified atom stereocenters. The zero-order valence-corrected chi connectivity index (χ0v) is 16.8. The van der Waals surface area contributed by atoms with E-state index in [1.807, 2.05) is 0 Å². The Morgan fingerprint density at radius 1 is 1.15 bits per heavy atom. The van der Waals surface area contributed by atoms with Gasteiger partial charge in [-0.1, -0.05) is 38.1 Å². The minimum Gasteiger partial charge on any atom is -0.389 e. The fourth-order valence-corrected chi connectivity index (χ4v) is 5.13. The summed E-state index contributed by atoms with van der Waals surface area (Å²) in [6.45, 7) is 10.6. The second kappa shape index (κ2) is 7.94. The average Bonchev–Trinajstić information content (AvgIpc) is 2.69. The Morgan fingerprint density at radius 3 is 2.56 bits per heavy atom. The highest BCUT2D eigenvalue weighted by atomic mass is 16.5. The van der Waals surface area contributed by atoms with Crippen molar-refractivity contribution in [1.29, 1.82) is 0 Å². The number of ether oxygens (including phenoxy) is 1. The van der Waals surface area contributed by atoms with Crippen LogP contribution in [0.4, 0.5) is 5.69 Å². The first-order valence-corrected chi connectivity index (χ1v) is 10.5. The monoisotopic (exact) mass is 370 g/mol. The molecule has 1 heterocycles. The molecule has 3 aliphatic carbocycles. The fraction of sp³-hybridized carbons (Fsp3) is 0.652. The summed E-state index contributed by atoms with van der Waals surface area (Å²) in [6, 6.07) is 10.6. The van der Waals surface area contributed by atoms with E-state index in [9.17, 15) is 5.11 Å². The molecule has 0 aromatic heterocycles. The molecule has 4 nitrogen and oxygen atoms in total. The van der Waals surface area contributed by atoms with Crippen molar-refractivity contribution < 1.29 is 9.84 Å². The number of nitrogens with zero attached hydrogens (tertiary/aromatic N) is 2. The molecule has 5 rings (SSSR count). The van der Waals surface area contributed by atoms with Crippen LogP contribution in [0.15, 0.2) is 42.0 Å². The zero-order chi connectivity index (χ0) is 18.9. The number of aliphatic hydroxyl groups is 1. The molecule has 1 N–H and O–H groups in total. The molecule has 1 aliphatic heterocycles. The number of hydrogen-bond donors (Lipinski definition) is 1. The summed E-state index contributed by atoms with van der Waals surface area (Å²) in [5, 5.41) is 10.4. The predicted molar refractivity (Wildman–Crippen MR) is 110 cm³/mol. The normalized spacial score (nSPS) is 28.4. The van der Waals surface area contributed by atoms with Gasteiger partial charge in [0.05, 0.1) is 19.3 Å². The van der Waals surface area contributed by atoms with Gasteiger partial charge in [0.1, 0.15) is 0 Å². The third-order valence-electron chi connectivity index (χ3n) is 7.12. The maximum atomic E-state index is 10.4. The van der Waals surface area contributed by atoms with Gasteiger partial charge in [-0.25, -0.2) is 0 Å². The van der Waals surface area contributed by atoms with Gasteiger partial charge in [0.25, 0.3) is 0 Å². The molecule has 1 saturated carbocycles. The number of rotatable bonds is 7. The molecule has 0 amide bonds. The van der Waals surface area contributed by atoms with E-state index < -0.39 is 6.10 Å². The Hall–Kier alpha value is -1.36. The Labute approximate surface area is 163 Å². The topological polar surface area (TPSA) is 35.9 Å². The third kappa shape index (κ3) is 4.08. The Balaban J connectivity index is 1.16. The van der Waals surface area contributed by atoms with E-state index in [4.69, 9.17) is 4.74 Å². The Bertz CT molecular complexity index is 650. The second-order valence-electron chi connectivity index (χ2n) is 9.11. The van der Waals surface area contributed by atoms with E-state index in [2.05, 4.69) is 60.1 Å². The van der Waals surface area contributed by atoms with E-state index in [1.54, 1.807) is 0 Å². The van der Waals surface area contributed by atoms with Crippen LogP contribution in [0, 0.1) is 17.3 Å². The summed E-state index contributed by atoms with van der Waals surface area (Å²) in [5.74, 6) is 1.56. The van der Waals surface area contributed by atoms with Crippen LogP contribution in [-0.2, 0) is 4.74 Å². The molecule has 4 heteroatoms. The van der Waals surface area contributed by atoms with E-state index >= 15 is 0 Å². The maximum absolute atomic E-state index is 10.4. The number of fused-ring (bicyclic) bond motifs is 1. The van der Waals surface area contributed by atoms with Crippen LogP contribution in [0.25, 0.3) is 0 Å². The number of anilines is 1. The Kier molecular flexibility index (Phi) is 5.58. The van der Waals surface area contributed by atoms with Crippen molar-refractivity contribution >= 4 is 5.69 Å². The van der Waals surface area contributed by atoms with Crippen LogP contribution in [-0.4, -0.2) is 62.0 Å². The van der Waals surface area contributed by atoms with Crippen LogP contribution < -0.4 is 4.90 Å². The van der Waals surface area contributed by atoms with Gasteiger partial charge in [-0.05, 0) is 47.8 Å². The van der Waals surface area contributed by atoms with Crippen molar-refractivity contribution in [2.24, 2.45) is 17.3 Å². The van der Waals surface area contributed by atoms with Gasteiger partial charge >= 0.3 is 0 Å². The summed E-state index contributed by atoms with van der Waals surface area (Å²) in [5.41, 5.74) is 3.21. The quantitative estimate of drug-likeness (QED) is 0.748. The lowest BCUT2D eigenvalue weighted by Gasteiger charge is -2.56. The minimum atomic E-state index is -0.403. The van der Waals surface area contributed by atoms with Gasteiger partial charge in [-0.2, -0.15) is 0 Å². The van der Waals surface area contributed by atoms with Crippen LogP contribution in [0.5, 0.6) is 0 Å². The van der Waals surface area contributed by atoms with E-state index in [1.165, 1.54) is 24.1 Å². The molecule has 2 bridgehead atoms. The molecule has 1 aromatic rings. The first-order chi connectivity index (χ1) is 13.0. The molecule has 1 aromatic carbocycles. The molecule has 2 fully saturated rings. The number of aliphatic hydroxyl groups excluding tert-OH is 1. The van der Waals surface area contributed by atoms with Crippen molar-refractivity contribution in [3.8, 4) is 0 Å². The molecule has 1 saturated heterocycles. The first kappa shape index (κ1) is 19.0. The minimum absolute atomic E-state index is 0.403.